The van der Waals surface area contributed by atoms with Crippen LogP contribution in [0.3, 0.4) is 0 Å². The van der Waals surface area contributed by atoms with Crippen molar-refractivity contribution in [2.24, 2.45) is 11.3 Å². The van der Waals surface area contributed by atoms with Gasteiger partial charge >= 0.3 is 23.9 Å². The van der Waals surface area contributed by atoms with Gasteiger partial charge in [-0.05, 0) is 110 Å². The predicted molar refractivity (Wildman–Crippen MR) is 371 cm³/mol. The van der Waals surface area contributed by atoms with Crippen molar-refractivity contribution in [3.8, 4) is 22.8 Å². The van der Waals surface area contributed by atoms with Crippen LogP contribution < -0.4 is 32.4 Å². The minimum absolute atomic E-state index is 0.00962. The molecule has 1 aliphatic carbocycles. The number of hydrogen-bond acceptors (Lipinski definition) is 20. The first-order chi connectivity index (χ1) is 46.4. The molecule has 4 N–H and O–H groups in total. The summed E-state index contributed by atoms with van der Waals surface area (Å²) in [4.78, 5) is 149. The Hall–Kier alpha value is -8.26. The van der Waals surface area contributed by atoms with Crippen LogP contribution in [0.2, 0.25) is 0 Å². The lowest BCUT2D eigenvalue weighted by Gasteiger charge is -2.38. The molecule has 5 aliphatic rings. The molecule has 11 rings (SSSR count). The van der Waals surface area contributed by atoms with Crippen molar-refractivity contribution in [3.05, 3.63) is 127 Å². The number of amides is 3. The van der Waals surface area contributed by atoms with Gasteiger partial charge in [-0.1, -0.05) is 77.9 Å². The molecule has 6 aromatic rings. The number of esters is 4. The molecule has 4 aromatic heterocycles. The highest BCUT2D eigenvalue weighted by Gasteiger charge is 2.52. The van der Waals surface area contributed by atoms with Gasteiger partial charge in [-0.2, -0.15) is 23.5 Å². The predicted octanol–water partition coefficient (Wildman–Crippen LogP) is 7.96. The fourth-order valence-electron chi connectivity index (χ4n) is 13.6. The van der Waals surface area contributed by atoms with E-state index in [-0.39, 0.29) is 120 Å². The van der Waals surface area contributed by atoms with Gasteiger partial charge in [0.1, 0.15) is 38.1 Å². The molecule has 0 bridgehead atoms. The van der Waals surface area contributed by atoms with E-state index in [0.717, 1.165) is 40.3 Å². The van der Waals surface area contributed by atoms with Crippen molar-refractivity contribution < 1.29 is 62.0 Å². The summed E-state index contributed by atoms with van der Waals surface area (Å²) in [5.74, 6) is -4.96. The second-order valence-corrected chi connectivity index (χ2v) is 31.1. The van der Waals surface area contributed by atoms with Gasteiger partial charge in [0.15, 0.2) is 0 Å². The fraction of sp³-hybridized carbons (Fsp3) is 0.507. The number of Topliss-reactive ketones (excluding diaryl/α,β-unsaturated/α-hetero) is 1. The lowest BCUT2D eigenvalue weighted by molar-refractivity contribution is -0.189. The van der Waals surface area contributed by atoms with E-state index in [0.29, 0.717) is 34.7 Å². The number of hydrogen-bond donors (Lipinski definition) is 4. The standard InChI is InChI=1S/C73H86N8O15S2/c1-12-72(47-30-53-60-43(28-41-18-14-16-20-49(41)77-60)34-80(53)65(88)45(47)36-92-67(72)90)95-58(83)32-74-63(86)51(76-57(82)24-25-71(10,11)94-27-26-70(8,9)62(85)40(3)4)38-97-55-22-23-56(55)98-39-52(79-69(5,6)7)64(87)75-33-59(84)96-73(13-2)48-31-54-61-44(29-42-19-15-17-21-50(42)78-61)35-81(54)66(89)46(48)37-93-68(73)91/h14-21,28-31,40,51-52,55-56,79H,12-13,22-27,32-39H2,1-11H3,(H,74,86)(H,75,87)(H,76,82)/t51?,52?,55?,56?,72-,73-/m0/s1. The third-order valence-corrected chi connectivity index (χ3v) is 22.4. The number of benzene rings is 2. The molecule has 1 fully saturated rings. The number of thioether (sulfide) groups is 2. The van der Waals surface area contributed by atoms with Crippen LogP contribution in [0.1, 0.15) is 154 Å². The monoisotopic (exact) mass is 1380 g/mol. The van der Waals surface area contributed by atoms with Crippen LogP contribution in [-0.2, 0) is 99.5 Å². The summed E-state index contributed by atoms with van der Waals surface area (Å²) in [5, 5.41) is 13.4. The molecule has 0 spiro atoms. The smallest absolute Gasteiger partial charge is 0.355 e. The fourth-order valence-corrected chi connectivity index (χ4v) is 16.7. The highest BCUT2D eigenvalue weighted by atomic mass is 32.2. The first-order valence-corrected chi connectivity index (χ1v) is 35.7. The molecule has 1 saturated carbocycles. The molecule has 25 heteroatoms. The Balaban J connectivity index is 0.743. The summed E-state index contributed by atoms with van der Waals surface area (Å²) in [7, 11) is 0. The van der Waals surface area contributed by atoms with E-state index < -0.39 is 100 Å². The third-order valence-electron chi connectivity index (χ3n) is 19.2. The maximum Gasteiger partial charge on any atom is 0.355 e. The van der Waals surface area contributed by atoms with E-state index in [1.807, 2.05) is 123 Å². The molecular formula is C73H86N8O15S2. The minimum atomic E-state index is -2.04. The van der Waals surface area contributed by atoms with Crippen LogP contribution in [0, 0.1) is 11.3 Å². The van der Waals surface area contributed by atoms with E-state index in [1.165, 1.54) is 23.5 Å². The van der Waals surface area contributed by atoms with Crippen LogP contribution in [0.25, 0.3) is 44.6 Å². The molecule has 23 nitrogen and oxygen atoms in total. The molecular weight excluding hydrogens is 1290 g/mol. The summed E-state index contributed by atoms with van der Waals surface area (Å²) >= 11 is 2.99. The van der Waals surface area contributed by atoms with Crippen molar-refractivity contribution in [1.29, 1.82) is 0 Å². The second-order valence-electron chi connectivity index (χ2n) is 28.5. The van der Waals surface area contributed by atoms with Crippen molar-refractivity contribution in [1.82, 2.24) is 40.4 Å². The third kappa shape index (κ3) is 14.4. The van der Waals surface area contributed by atoms with Crippen molar-refractivity contribution in [3.63, 3.8) is 0 Å². The Bertz CT molecular complexity index is 4350. The van der Waals surface area contributed by atoms with E-state index in [2.05, 4.69) is 21.3 Å². The Labute approximate surface area is 576 Å². The zero-order chi connectivity index (χ0) is 70.4. The van der Waals surface area contributed by atoms with Gasteiger partial charge in [0.05, 0.1) is 69.7 Å². The molecule has 2 aromatic carbocycles. The largest absolute Gasteiger partial charge is 0.457 e. The van der Waals surface area contributed by atoms with Crippen LogP contribution in [0.15, 0.2) is 82.4 Å². The summed E-state index contributed by atoms with van der Waals surface area (Å²) in [6.07, 6.45) is 2.07. The number of ether oxygens (including phenoxy) is 5. The molecule has 3 amide bonds. The highest BCUT2D eigenvalue weighted by Crippen LogP contribution is 2.44. The SMILES string of the molecule is CC[C@@]1(OC(=O)CNC(=O)C(CSC2CCC2SCC(NC(C)(C)C)C(=O)NCC(=O)O[C@]2(CC)C(=O)OCc3c2cc2n(c3=O)Cc3cc4ccccc4nc3-2)NC(=O)CCC(C)(C)OCCC(C)(C)C(=O)C(C)C)C(=O)OCc2c1cc1n(c2=O)Cc2cc3ccccc3nc2-1. The number of pyridine rings is 4. The van der Waals surface area contributed by atoms with Gasteiger partial charge in [0.25, 0.3) is 11.1 Å². The molecule has 4 aliphatic heterocycles. The second kappa shape index (κ2) is 28.2. The zero-order valence-electron chi connectivity index (χ0n) is 57.4. The number of fused-ring (bicyclic) bond motifs is 10. The highest BCUT2D eigenvalue weighted by molar-refractivity contribution is 8.04. The number of nitrogens with zero attached hydrogens (tertiary/aromatic N) is 4. The molecule has 0 radical (unpaired) electrons. The van der Waals surface area contributed by atoms with E-state index in [1.54, 1.807) is 35.1 Å². The average molecular weight is 1380 g/mol. The van der Waals surface area contributed by atoms with Gasteiger partial charge in [-0.25, -0.2) is 19.6 Å². The quantitative estimate of drug-likeness (QED) is 0.0280. The lowest BCUT2D eigenvalue weighted by Crippen LogP contribution is -2.54. The lowest BCUT2D eigenvalue weighted by atomic mass is 9.80. The number of ketones is 1. The van der Waals surface area contributed by atoms with Crippen molar-refractivity contribution in [2.45, 2.75) is 192 Å². The number of cyclic esters (lactones) is 2. The van der Waals surface area contributed by atoms with E-state index >= 15 is 0 Å². The molecule has 6 atom stereocenters. The van der Waals surface area contributed by atoms with Gasteiger partial charge in [-0.3, -0.25) is 38.4 Å². The Morgan fingerprint density at radius 3 is 1.55 bits per heavy atom. The minimum Gasteiger partial charge on any atom is -0.457 e. The number of carbonyl (C=O) groups is 8. The number of aromatic nitrogens is 4. The maximum absolute atomic E-state index is 14.4. The number of para-hydroxylation sites is 2. The Kier molecular flexibility index (Phi) is 20.4. The Morgan fingerprint density at radius 2 is 1.10 bits per heavy atom. The first-order valence-electron chi connectivity index (χ1n) is 33.6. The summed E-state index contributed by atoms with van der Waals surface area (Å²) in [6.45, 7) is 19.1. The van der Waals surface area contributed by atoms with Gasteiger partial charge in [-0.15, -0.1) is 0 Å². The van der Waals surface area contributed by atoms with E-state index in [4.69, 9.17) is 33.7 Å². The van der Waals surface area contributed by atoms with Crippen LogP contribution in [0.4, 0.5) is 0 Å². The first kappa shape index (κ1) is 71.0. The Morgan fingerprint density at radius 1 is 0.643 bits per heavy atom. The summed E-state index contributed by atoms with van der Waals surface area (Å²) < 4.78 is 32.6. The zero-order valence-corrected chi connectivity index (χ0v) is 59.0. The molecule has 98 heavy (non-hydrogen) atoms. The molecule has 0 saturated heterocycles. The molecule has 8 heterocycles. The molecule has 4 unspecified atom stereocenters. The van der Waals surface area contributed by atoms with Crippen molar-refractivity contribution in [2.75, 3.05) is 31.2 Å². The summed E-state index contributed by atoms with van der Waals surface area (Å²) in [6, 6.07) is 20.5. The summed E-state index contributed by atoms with van der Waals surface area (Å²) in [5.41, 5.74) is -0.880. The van der Waals surface area contributed by atoms with Crippen LogP contribution in [0.5, 0.6) is 0 Å². The van der Waals surface area contributed by atoms with Gasteiger partial charge < -0.3 is 54.1 Å². The topological polar surface area (TPSA) is 301 Å². The number of carbonyl (C=O) groups excluding carboxylic acids is 8. The maximum atomic E-state index is 14.4. The van der Waals surface area contributed by atoms with E-state index in [9.17, 15) is 47.9 Å². The van der Waals surface area contributed by atoms with Gasteiger partial charge in [0, 0.05) is 84.9 Å². The van der Waals surface area contributed by atoms with Crippen LogP contribution >= 0.6 is 23.5 Å². The van der Waals surface area contributed by atoms with Crippen LogP contribution in [-0.4, -0.2) is 131 Å². The van der Waals surface area contributed by atoms with Gasteiger partial charge in [0.2, 0.25) is 28.9 Å². The number of rotatable bonds is 27. The molecule has 520 valence electrons. The number of nitrogens with one attached hydrogen (secondary N) is 4. The average Bonchev–Trinajstić information content (AvgIpc) is 1.46. The normalized spacial score (nSPS) is 19.7. The van der Waals surface area contributed by atoms with Crippen molar-refractivity contribution >= 4 is 92.7 Å².